The molecule has 1 saturated heterocycles. The molecule has 132 valence electrons. The Morgan fingerprint density at radius 3 is 2.76 bits per heavy atom. The Hall–Kier alpha value is -1.98. The Labute approximate surface area is 152 Å². The second kappa shape index (κ2) is 8.92. The van der Waals surface area contributed by atoms with Crippen LogP contribution in [0, 0.1) is 0 Å². The number of rotatable bonds is 7. The van der Waals surface area contributed by atoms with Crippen LogP contribution >= 0.6 is 11.8 Å². The lowest BCUT2D eigenvalue weighted by molar-refractivity contribution is 0.0948. The SMILES string of the molecule is COc1ccc(CNC(=O)c2ccccc2SC[C@H]2CCCO2)cc1. The summed E-state index contributed by atoms with van der Waals surface area (Å²) in [5, 5.41) is 3.00. The standard InChI is InChI=1S/C20H23NO3S/c1-23-16-10-8-15(9-11-16)13-21-20(22)18-6-2-3-7-19(18)25-14-17-5-4-12-24-17/h2-3,6-11,17H,4-5,12-14H2,1H3,(H,21,22)/t17-/m1/s1. The van der Waals surface area contributed by atoms with Gasteiger partial charge in [0.15, 0.2) is 0 Å². The van der Waals surface area contributed by atoms with Crippen molar-refractivity contribution in [3.63, 3.8) is 0 Å². The van der Waals surface area contributed by atoms with Gasteiger partial charge < -0.3 is 14.8 Å². The van der Waals surface area contributed by atoms with Crippen molar-refractivity contribution in [3.8, 4) is 5.75 Å². The van der Waals surface area contributed by atoms with Crippen molar-refractivity contribution >= 4 is 17.7 Å². The molecule has 0 aromatic heterocycles. The van der Waals surface area contributed by atoms with Gasteiger partial charge in [-0.15, -0.1) is 11.8 Å². The fourth-order valence-electron chi connectivity index (χ4n) is 2.76. The predicted molar refractivity (Wildman–Crippen MR) is 100 cm³/mol. The monoisotopic (exact) mass is 357 g/mol. The minimum absolute atomic E-state index is 0.0498. The van der Waals surface area contributed by atoms with Gasteiger partial charge in [-0.1, -0.05) is 24.3 Å². The molecule has 4 nitrogen and oxygen atoms in total. The third kappa shape index (κ3) is 5.00. The molecule has 0 spiro atoms. The highest BCUT2D eigenvalue weighted by atomic mass is 32.2. The second-order valence-corrected chi connectivity index (χ2v) is 7.03. The van der Waals surface area contributed by atoms with Crippen LogP contribution in [0.25, 0.3) is 0 Å². The van der Waals surface area contributed by atoms with E-state index in [1.807, 2.05) is 48.5 Å². The van der Waals surface area contributed by atoms with E-state index in [9.17, 15) is 4.79 Å². The van der Waals surface area contributed by atoms with Crippen LogP contribution in [0.1, 0.15) is 28.8 Å². The molecular formula is C20H23NO3S. The summed E-state index contributed by atoms with van der Waals surface area (Å²) in [5.74, 6) is 1.65. The normalized spacial score (nSPS) is 16.6. The van der Waals surface area contributed by atoms with Gasteiger partial charge in [0.05, 0.1) is 18.8 Å². The van der Waals surface area contributed by atoms with Gasteiger partial charge in [-0.3, -0.25) is 4.79 Å². The van der Waals surface area contributed by atoms with Gasteiger partial charge in [0, 0.05) is 23.8 Å². The Kier molecular flexibility index (Phi) is 6.36. The number of thioether (sulfide) groups is 1. The van der Waals surface area contributed by atoms with Gasteiger partial charge in [0.25, 0.3) is 5.91 Å². The molecular weight excluding hydrogens is 334 g/mol. The molecule has 0 aliphatic carbocycles. The minimum Gasteiger partial charge on any atom is -0.497 e. The average Bonchev–Trinajstić information content (AvgIpc) is 3.18. The Morgan fingerprint density at radius 1 is 1.24 bits per heavy atom. The zero-order chi connectivity index (χ0) is 17.5. The zero-order valence-electron chi connectivity index (χ0n) is 14.4. The lowest BCUT2D eigenvalue weighted by atomic mass is 10.2. The molecule has 1 aliphatic rings. The lowest BCUT2D eigenvalue weighted by Gasteiger charge is -2.12. The van der Waals surface area contributed by atoms with Crippen LogP contribution in [0.5, 0.6) is 5.75 Å². The van der Waals surface area contributed by atoms with E-state index in [0.717, 1.165) is 47.0 Å². The van der Waals surface area contributed by atoms with E-state index in [-0.39, 0.29) is 5.91 Å². The van der Waals surface area contributed by atoms with Gasteiger partial charge >= 0.3 is 0 Å². The number of nitrogens with one attached hydrogen (secondary N) is 1. The number of hydrogen-bond acceptors (Lipinski definition) is 4. The van der Waals surface area contributed by atoms with Crippen LogP contribution in [0.15, 0.2) is 53.4 Å². The van der Waals surface area contributed by atoms with Crippen molar-refractivity contribution in [2.75, 3.05) is 19.5 Å². The molecule has 1 fully saturated rings. The van der Waals surface area contributed by atoms with Gasteiger partial charge in [0.2, 0.25) is 0 Å². The highest BCUT2D eigenvalue weighted by Gasteiger charge is 2.17. The van der Waals surface area contributed by atoms with E-state index in [2.05, 4.69) is 5.32 Å². The first-order valence-corrected chi connectivity index (χ1v) is 9.49. The third-order valence-electron chi connectivity index (χ3n) is 4.19. The molecule has 1 aliphatic heterocycles. The number of amides is 1. The molecule has 2 aromatic carbocycles. The molecule has 1 N–H and O–H groups in total. The molecule has 2 aromatic rings. The van der Waals surface area contributed by atoms with Crippen molar-refractivity contribution in [2.45, 2.75) is 30.4 Å². The summed E-state index contributed by atoms with van der Waals surface area (Å²) in [4.78, 5) is 13.6. The third-order valence-corrected chi connectivity index (χ3v) is 5.40. The van der Waals surface area contributed by atoms with Crippen LogP contribution in [0.3, 0.4) is 0 Å². The van der Waals surface area contributed by atoms with Crippen LogP contribution in [0.4, 0.5) is 0 Å². The molecule has 5 heteroatoms. The van der Waals surface area contributed by atoms with Crippen LogP contribution in [-0.4, -0.2) is 31.5 Å². The van der Waals surface area contributed by atoms with Crippen LogP contribution < -0.4 is 10.1 Å². The van der Waals surface area contributed by atoms with Crippen molar-refractivity contribution in [3.05, 3.63) is 59.7 Å². The largest absolute Gasteiger partial charge is 0.497 e. The number of ether oxygens (including phenoxy) is 2. The fourth-order valence-corrected chi connectivity index (χ4v) is 3.88. The smallest absolute Gasteiger partial charge is 0.252 e. The first-order chi connectivity index (χ1) is 12.3. The van der Waals surface area contributed by atoms with Crippen molar-refractivity contribution in [1.82, 2.24) is 5.32 Å². The maximum Gasteiger partial charge on any atom is 0.252 e. The average molecular weight is 357 g/mol. The number of carbonyl (C=O) groups is 1. The molecule has 0 saturated carbocycles. The second-order valence-electron chi connectivity index (χ2n) is 5.97. The van der Waals surface area contributed by atoms with E-state index >= 15 is 0 Å². The molecule has 1 heterocycles. The van der Waals surface area contributed by atoms with Crippen molar-refractivity contribution in [1.29, 1.82) is 0 Å². The summed E-state index contributed by atoms with van der Waals surface area (Å²) in [6.07, 6.45) is 2.55. The Morgan fingerprint density at radius 2 is 2.04 bits per heavy atom. The van der Waals surface area contributed by atoms with E-state index < -0.39 is 0 Å². The van der Waals surface area contributed by atoms with E-state index in [4.69, 9.17) is 9.47 Å². The highest BCUT2D eigenvalue weighted by molar-refractivity contribution is 7.99. The number of benzene rings is 2. The predicted octanol–water partition coefficient (Wildman–Crippen LogP) is 3.90. The first kappa shape index (κ1) is 17.8. The summed E-state index contributed by atoms with van der Waals surface area (Å²) in [7, 11) is 1.64. The summed E-state index contributed by atoms with van der Waals surface area (Å²) >= 11 is 1.70. The molecule has 1 amide bonds. The lowest BCUT2D eigenvalue weighted by Crippen LogP contribution is -2.23. The van der Waals surface area contributed by atoms with E-state index in [1.165, 1.54) is 0 Å². The Bertz CT molecular complexity index is 696. The maximum absolute atomic E-state index is 12.6. The summed E-state index contributed by atoms with van der Waals surface area (Å²) in [6, 6.07) is 15.5. The maximum atomic E-state index is 12.6. The van der Waals surface area contributed by atoms with E-state index in [0.29, 0.717) is 12.6 Å². The van der Waals surface area contributed by atoms with Crippen molar-refractivity contribution in [2.24, 2.45) is 0 Å². The highest BCUT2D eigenvalue weighted by Crippen LogP contribution is 2.26. The molecule has 0 bridgehead atoms. The molecule has 3 rings (SSSR count). The van der Waals surface area contributed by atoms with Gasteiger partial charge in [-0.05, 0) is 42.7 Å². The topological polar surface area (TPSA) is 47.6 Å². The number of carbonyl (C=O) groups excluding carboxylic acids is 1. The summed E-state index contributed by atoms with van der Waals surface area (Å²) in [5.41, 5.74) is 1.76. The van der Waals surface area contributed by atoms with E-state index in [1.54, 1.807) is 18.9 Å². The van der Waals surface area contributed by atoms with Gasteiger partial charge in [0.1, 0.15) is 5.75 Å². The minimum atomic E-state index is -0.0498. The van der Waals surface area contributed by atoms with Crippen LogP contribution in [0.2, 0.25) is 0 Å². The summed E-state index contributed by atoms with van der Waals surface area (Å²) in [6.45, 7) is 1.35. The van der Waals surface area contributed by atoms with Crippen molar-refractivity contribution < 1.29 is 14.3 Å². The zero-order valence-corrected chi connectivity index (χ0v) is 15.2. The van der Waals surface area contributed by atoms with Gasteiger partial charge in [-0.2, -0.15) is 0 Å². The summed E-state index contributed by atoms with van der Waals surface area (Å²) < 4.78 is 10.8. The fraction of sp³-hybridized carbons (Fsp3) is 0.350. The molecule has 1 atom stereocenters. The molecule has 0 radical (unpaired) electrons. The number of hydrogen-bond donors (Lipinski definition) is 1. The van der Waals surface area contributed by atoms with Gasteiger partial charge in [-0.25, -0.2) is 0 Å². The van der Waals surface area contributed by atoms with Crippen LogP contribution in [-0.2, 0) is 11.3 Å². The number of methoxy groups -OCH3 is 1. The molecule has 25 heavy (non-hydrogen) atoms. The first-order valence-electron chi connectivity index (χ1n) is 8.51. The Balaban J connectivity index is 1.58. The quantitative estimate of drug-likeness (QED) is 0.764. The molecule has 0 unspecified atom stereocenters.